The molecule has 0 unspecified atom stereocenters. The summed E-state index contributed by atoms with van der Waals surface area (Å²) in [6, 6.07) is 10.3. The highest BCUT2D eigenvalue weighted by atomic mass is 16.5. The van der Waals surface area contributed by atoms with Gasteiger partial charge in [-0.05, 0) is 30.3 Å². The van der Waals surface area contributed by atoms with Gasteiger partial charge in [0.15, 0.2) is 11.6 Å². The Kier molecular flexibility index (Phi) is 3.38. The van der Waals surface area contributed by atoms with Crippen molar-refractivity contribution < 1.29 is 13.9 Å². The first-order valence-electron chi connectivity index (χ1n) is 6.18. The topological polar surface area (TPSA) is 93.0 Å². The van der Waals surface area contributed by atoms with E-state index in [0.717, 1.165) is 0 Å². The maximum absolute atomic E-state index is 12.1. The summed E-state index contributed by atoms with van der Waals surface area (Å²) in [6.07, 6.45) is 1.53. The number of ether oxygens (including phenoxy) is 1. The Bertz CT molecular complexity index is 749. The second kappa shape index (κ2) is 5.49. The molecule has 0 fully saturated rings. The number of nitrogens with one attached hydrogen (secondary N) is 2. The van der Waals surface area contributed by atoms with Gasteiger partial charge in [-0.1, -0.05) is 6.07 Å². The van der Waals surface area contributed by atoms with Crippen molar-refractivity contribution >= 4 is 11.9 Å². The molecule has 21 heavy (non-hydrogen) atoms. The van der Waals surface area contributed by atoms with E-state index in [2.05, 4.69) is 20.5 Å². The van der Waals surface area contributed by atoms with Crippen LogP contribution in [0.4, 0.5) is 5.95 Å². The number of nitrogens with zero attached hydrogens (tertiary/aromatic N) is 2. The van der Waals surface area contributed by atoms with Gasteiger partial charge in [-0.2, -0.15) is 4.98 Å². The Morgan fingerprint density at radius 2 is 2.24 bits per heavy atom. The molecule has 106 valence electrons. The molecule has 0 atom stereocenters. The van der Waals surface area contributed by atoms with Crippen molar-refractivity contribution in [2.75, 3.05) is 12.4 Å². The number of aromatic amines is 1. The van der Waals surface area contributed by atoms with E-state index < -0.39 is 0 Å². The Morgan fingerprint density at radius 1 is 1.33 bits per heavy atom. The van der Waals surface area contributed by atoms with Gasteiger partial charge in [0, 0.05) is 5.56 Å². The SMILES string of the molecule is COc1cccc(C(=O)Nc2n[nH]c(-c3ccco3)n2)c1. The zero-order valence-electron chi connectivity index (χ0n) is 11.2. The lowest BCUT2D eigenvalue weighted by molar-refractivity contribution is 0.102. The fraction of sp³-hybridized carbons (Fsp3) is 0.0714. The molecule has 0 radical (unpaired) electrons. The molecular weight excluding hydrogens is 272 g/mol. The molecule has 3 aromatic rings. The Balaban J connectivity index is 1.75. The average molecular weight is 284 g/mol. The van der Waals surface area contributed by atoms with E-state index in [9.17, 15) is 4.79 Å². The highest BCUT2D eigenvalue weighted by Gasteiger charge is 2.12. The molecule has 0 saturated heterocycles. The van der Waals surface area contributed by atoms with Crippen molar-refractivity contribution in [1.82, 2.24) is 15.2 Å². The van der Waals surface area contributed by atoms with Crippen molar-refractivity contribution in [3.05, 3.63) is 48.2 Å². The van der Waals surface area contributed by atoms with E-state index in [4.69, 9.17) is 9.15 Å². The molecule has 0 spiro atoms. The third-order valence-electron chi connectivity index (χ3n) is 2.80. The molecule has 2 heterocycles. The van der Waals surface area contributed by atoms with E-state index in [1.54, 1.807) is 43.5 Å². The number of benzene rings is 1. The summed E-state index contributed by atoms with van der Waals surface area (Å²) in [5.74, 6) is 1.45. The highest BCUT2D eigenvalue weighted by molar-refractivity contribution is 6.03. The van der Waals surface area contributed by atoms with Crippen LogP contribution in [0, 0.1) is 0 Å². The van der Waals surface area contributed by atoms with Crippen LogP contribution in [0.25, 0.3) is 11.6 Å². The predicted octanol–water partition coefficient (Wildman–Crippen LogP) is 2.33. The van der Waals surface area contributed by atoms with E-state index in [1.165, 1.54) is 6.26 Å². The largest absolute Gasteiger partial charge is 0.497 e. The molecule has 0 saturated carbocycles. The van der Waals surface area contributed by atoms with Crippen LogP contribution in [0.3, 0.4) is 0 Å². The zero-order valence-corrected chi connectivity index (χ0v) is 11.2. The lowest BCUT2D eigenvalue weighted by atomic mass is 10.2. The number of furan rings is 1. The molecular formula is C14H12N4O3. The van der Waals surface area contributed by atoms with Crippen molar-refractivity contribution in [3.63, 3.8) is 0 Å². The third kappa shape index (κ3) is 2.76. The first-order valence-corrected chi connectivity index (χ1v) is 6.18. The van der Waals surface area contributed by atoms with Crippen LogP contribution < -0.4 is 10.1 Å². The van der Waals surface area contributed by atoms with Crippen molar-refractivity contribution in [3.8, 4) is 17.3 Å². The molecule has 2 N–H and O–H groups in total. The number of H-pyrrole nitrogens is 1. The van der Waals surface area contributed by atoms with Crippen LogP contribution in [-0.4, -0.2) is 28.2 Å². The summed E-state index contributed by atoms with van der Waals surface area (Å²) in [6.45, 7) is 0. The van der Waals surface area contributed by atoms with Gasteiger partial charge in [0.1, 0.15) is 5.75 Å². The monoisotopic (exact) mass is 284 g/mol. The molecule has 0 aliphatic rings. The van der Waals surface area contributed by atoms with Gasteiger partial charge in [0.05, 0.1) is 13.4 Å². The number of aromatic nitrogens is 3. The van der Waals surface area contributed by atoms with E-state index in [1.807, 2.05) is 0 Å². The molecule has 7 nitrogen and oxygen atoms in total. The van der Waals surface area contributed by atoms with Gasteiger partial charge >= 0.3 is 0 Å². The Morgan fingerprint density at radius 3 is 3.00 bits per heavy atom. The zero-order chi connectivity index (χ0) is 14.7. The lowest BCUT2D eigenvalue weighted by Crippen LogP contribution is -2.13. The first-order chi connectivity index (χ1) is 10.3. The number of amides is 1. The van der Waals surface area contributed by atoms with Crippen LogP contribution in [0.1, 0.15) is 10.4 Å². The highest BCUT2D eigenvalue weighted by Crippen LogP contribution is 2.17. The minimum Gasteiger partial charge on any atom is -0.497 e. The molecule has 2 aromatic heterocycles. The summed E-state index contributed by atoms with van der Waals surface area (Å²) < 4.78 is 10.3. The smallest absolute Gasteiger partial charge is 0.258 e. The number of anilines is 1. The third-order valence-corrected chi connectivity index (χ3v) is 2.80. The minimum atomic E-state index is -0.320. The minimum absolute atomic E-state index is 0.175. The van der Waals surface area contributed by atoms with Crippen LogP contribution in [0.15, 0.2) is 47.1 Å². The standard InChI is InChI=1S/C14H12N4O3/c1-20-10-5-2-4-9(8-10)13(19)16-14-15-12(17-18-14)11-6-3-7-21-11/h2-8H,1H3,(H2,15,16,17,18,19). The summed E-state index contributed by atoms with van der Waals surface area (Å²) in [4.78, 5) is 16.2. The number of methoxy groups -OCH3 is 1. The fourth-order valence-electron chi connectivity index (χ4n) is 1.78. The number of rotatable bonds is 4. The van der Waals surface area contributed by atoms with Gasteiger partial charge in [-0.3, -0.25) is 15.2 Å². The molecule has 3 rings (SSSR count). The van der Waals surface area contributed by atoms with E-state index in [0.29, 0.717) is 22.9 Å². The fourth-order valence-corrected chi connectivity index (χ4v) is 1.78. The van der Waals surface area contributed by atoms with Gasteiger partial charge in [0.2, 0.25) is 5.95 Å². The molecule has 0 aliphatic carbocycles. The maximum atomic E-state index is 12.1. The van der Waals surface area contributed by atoms with Gasteiger partial charge in [-0.15, -0.1) is 5.10 Å². The molecule has 7 heteroatoms. The Hall–Kier alpha value is -3.09. The first kappa shape index (κ1) is 12.9. The van der Waals surface area contributed by atoms with E-state index in [-0.39, 0.29) is 11.9 Å². The quantitative estimate of drug-likeness (QED) is 0.767. The van der Waals surface area contributed by atoms with Crippen LogP contribution >= 0.6 is 0 Å². The van der Waals surface area contributed by atoms with E-state index >= 15 is 0 Å². The van der Waals surface area contributed by atoms with Crippen molar-refractivity contribution in [1.29, 1.82) is 0 Å². The Labute approximate surface area is 120 Å². The van der Waals surface area contributed by atoms with Crippen molar-refractivity contribution in [2.24, 2.45) is 0 Å². The predicted molar refractivity (Wildman–Crippen MR) is 75.0 cm³/mol. The number of hydrogen-bond acceptors (Lipinski definition) is 5. The van der Waals surface area contributed by atoms with Crippen molar-refractivity contribution in [2.45, 2.75) is 0 Å². The summed E-state index contributed by atoms with van der Waals surface area (Å²) in [5, 5.41) is 9.22. The van der Waals surface area contributed by atoms with Gasteiger partial charge in [-0.25, -0.2) is 0 Å². The van der Waals surface area contributed by atoms with Gasteiger partial charge in [0.25, 0.3) is 5.91 Å². The number of carbonyl (C=O) groups is 1. The summed E-state index contributed by atoms with van der Waals surface area (Å²) in [7, 11) is 1.54. The van der Waals surface area contributed by atoms with Crippen LogP contribution in [0.5, 0.6) is 5.75 Å². The molecule has 1 aromatic carbocycles. The second-order valence-electron chi connectivity index (χ2n) is 4.17. The normalized spacial score (nSPS) is 10.3. The van der Waals surface area contributed by atoms with Gasteiger partial charge < -0.3 is 9.15 Å². The average Bonchev–Trinajstić information content (AvgIpc) is 3.18. The summed E-state index contributed by atoms with van der Waals surface area (Å²) in [5.41, 5.74) is 0.457. The number of carbonyl (C=O) groups excluding carboxylic acids is 1. The number of hydrogen-bond donors (Lipinski definition) is 2. The lowest BCUT2D eigenvalue weighted by Gasteiger charge is -2.03. The maximum Gasteiger partial charge on any atom is 0.258 e. The van der Waals surface area contributed by atoms with Crippen LogP contribution in [0.2, 0.25) is 0 Å². The molecule has 1 amide bonds. The second-order valence-corrected chi connectivity index (χ2v) is 4.17. The summed E-state index contributed by atoms with van der Waals surface area (Å²) >= 11 is 0. The molecule has 0 bridgehead atoms. The molecule has 0 aliphatic heterocycles. The van der Waals surface area contributed by atoms with Crippen LogP contribution in [-0.2, 0) is 0 Å².